The van der Waals surface area contributed by atoms with Crippen molar-refractivity contribution in [2.24, 2.45) is 4.99 Å². The van der Waals surface area contributed by atoms with Crippen LogP contribution in [0.25, 0.3) is 0 Å². The SMILES string of the molecule is N#Cc1c(/N=C/c2cc([N+](=O)[O-])cs2)sc2c1CCCC2. The van der Waals surface area contributed by atoms with E-state index in [0.29, 0.717) is 5.56 Å². The van der Waals surface area contributed by atoms with E-state index < -0.39 is 4.92 Å². The molecule has 0 saturated heterocycles. The summed E-state index contributed by atoms with van der Waals surface area (Å²) in [5, 5.41) is 22.2. The van der Waals surface area contributed by atoms with Gasteiger partial charge in [-0.2, -0.15) is 5.26 Å². The molecule has 2 aromatic rings. The van der Waals surface area contributed by atoms with Gasteiger partial charge in [0.2, 0.25) is 0 Å². The molecule has 0 N–H and O–H groups in total. The van der Waals surface area contributed by atoms with Crippen molar-refractivity contribution in [3.05, 3.63) is 42.4 Å². The van der Waals surface area contributed by atoms with Gasteiger partial charge in [-0.1, -0.05) is 0 Å². The number of hydrogen-bond donors (Lipinski definition) is 0. The number of nitro groups is 1. The number of rotatable bonds is 3. The molecule has 1 aliphatic rings. The minimum Gasteiger partial charge on any atom is -0.258 e. The normalized spacial score (nSPS) is 14.0. The van der Waals surface area contributed by atoms with E-state index in [1.165, 1.54) is 34.1 Å². The zero-order valence-electron chi connectivity index (χ0n) is 11.0. The molecule has 3 rings (SSSR count). The fraction of sp³-hybridized carbons (Fsp3) is 0.286. The lowest BCUT2D eigenvalue weighted by Crippen LogP contribution is -1.99. The lowest BCUT2D eigenvalue weighted by atomic mass is 9.96. The Balaban J connectivity index is 1.90. The average molecular weight is 317 g/mol. The fourth-order valence-electron chi connectivity index (χ4n) is 2.39. The third-order valence-corrected chi connectivity index (χ3v) is 5.44. The van der Waals surface area contributed by atoms with Gasteiger partial charge < -0.3 is 0 Å². The van der Waals surface area contributed by atoms with Crippen molar-refractivity contribution in [2.45, 2.75) is 25.7 Å². The van der Waals surface area contributed by atoms with Crippen LogP contribution < -0.4 is 0 Å². The number of aryl methyl sites for hydroxylation is 1. The van der Waals surface area contributed by atoms with Gasteiger partial charge in [-0.3, -0.25) is 10.1 Å². The van der Waals surface area contributed by atoms with Crippen LogP contribution in [0.1, 0.15) is 33.7 Å². The summed E-state index contributed by atoms with van der Waals surface area (Å²) < 4.78 is 0. The van der Waals surface area contributed by atoms with E-state index in [1.807, 2.05) is 0 Å². The van der Waals surface area contributed by atoms with Crippen LogP contribution in [0.3, 0.4) is 0 Å². The zero-order valence-corrected chi connectivity index (χ0v) is 12.7. The predicted octanol–water partition coefficient (Wildman–Crippen LogP) is 4.22. The van der Waals surface area contributed by atoms with Crippen LogP contribution >= 0.6 is 22.7 Å². The van der Waals surface area contributed by atoms with E-state index in [9.17, 15) is 15.4 Å². The van der Waals surface area contributed by atoms with Crippen molar-refractivity contribution in [3.63, 3.8) is 0 Å². The van der Waals surface area contributed by atoms with Gasteiger partial charge in [0.1, 0.15) is 11.1 Å². The van der Waals surface area contributed by atoms with Gasteiger partial charge in [0.05, 0.1) is 20.7 Å². The average Bonchev–Trinajstić information content (AvgIpc) is 3.09. The van der Waals surface area contributed by atoms with Gasteiger partial charge in [-0.15, -0.1) is 22.7 Å². The Kier molecular flexibility index (Phi) is 3.82. The summed E-state index contributed by atoms with van der Waals surface area (Å²) >= 11 is 2.85. The van der Waals surface area contributed by atoms with Crippen LogP contribution in [0.4, 0.5) is 10.7 Å². The predicted molar refractivity (Wildman–Crippen MR) is 83.9 cm³/mol. The van der Waals surface area contributed by atoms with Crippen LogP contribution in [-0.4, -0.2) is 11.1 Å². The number of aliphatic imine (C=N–C) groups is 1. The molecule has 2 heterocycles. The number of nitriles is 1. The first kappa shape index (κ1) is 13.9. The maximum Gasteiger partial charge on any atom is 0.280 e. The van der Waals surface area contributed by atoms with E-state index in [0.717, 1.165) is 34.7 Å². The van der Waals surface area contributed by atoms with E-state index in [-0.39, 0.29) is 5.69 Å². The number of hydrogen-bond acceptors (Lipinski definition) is 6. The number of thiophene rings is 2. The molecule has 0 saturated carbocycles. The summed E-state index contributed by atoms with van der Waals surface area (Å²) in [7, 11) is 0. The van der Waals surface area contributed by atoms with Crippen molar-refractivity contribution < 1.29 is 4.92 Å². The molecule has 0 radical (unpaired) electrons. The first-order valence-electron chi connectivity index (χ1n) is 6.50. The molecule has 7 heteroatoms. The molecule has 0 aromatic carbocycles. The van der Waals surface area contributed by atoms with E-state index >= 15 is 0 Å². The highest BCUT2D eigenvalue weighted by molar-refractivity contribution is 7.16. The number of nitrogens with zero attached hydrogens (tertiary/aromatic N) is 3. The summed E-state index contributed by atoms with van der Waals surface area (Å²) in [6, 6.07) is 3.75. The van der Waals surface area contributed by atoms with Gasteiger partial charge in [-0.05, 0) is 31.2 Å². The molecule has 21 heavy (non-hydrogen) atoms. The van der Waals surface area contributed by atoms with Crippen molar-refractivity contribution in [3.8, 4) is 6.07 Å². The zero-order chi connectivity index (χ0) is 14.8. The molecule has 1 aliphatic carbocycles. The molecule has 0 amide bonds. The molecule has 0 spiro atoms. The van der Waals surface area contributed by atoms with E-state index in [1.54, 1.807) is 17.6 Å². The summed E-state index contributed by atoms with van der Waals surface area (Å²) in [6.07, 6.45) is 5.87. The summed E-state index contributed by atoms with van der Waals surface area (Å²) in [4.78, 5) is 16.6. The number of fused-ring (bicyclic) bond motifs is 1. The van der Waals surface area contributed by atoms with Gasteiger partial charge in [-0.25, -0.2) is 4.99 Å². The third kappa shape index (κ3) is 2.73. The smallest absolute Gasteiger partial charge is 0.258 e. The second kappa shape index (κ2) is 5.76. The van der Waals surface area contributed by atoms with Crippen LogP contribution in [0.5, 0.6) is 0 Å². The van der Waals surface area contributed by atoms with E-state index in [2.05, 4.69) is 11.1 Å². The van der Waals surface area contributed by atoms with E-state index in [4.69, 9.17) is 0 Å². The van der Waals surface area contributed by atoms with Crippen LogP contribution in [0, 0.1) is 21.4 Å². The molecule has 0 unspecified atom stereocenters. The fourth-order valence-corrected chi connectivity index (χ4v) is 4.28. The Labute approximate surface area is 129 Å². The molecule has 0 aliphatic heterocycles. The molecule has 0 atom stereocenters. The largest absolute Gasteiger partial charge is 0.280 e. The maximum atomic E-state index is 10.6. The van der Waals surface area contributed by atoms with Crippen molar-refractivity contribution in [1.29, 1.82) is 5.26 Å². The Morgan fingerprint density at radius 1 is 1.43 bits per heavy atom. The Morgan fingerprint density at radius 2 is 2.24 bits per heavy atom. The van der Waals surface area contributed by atoms with Crippen LogP contribution in [0.15, 0.2) is 16.4 Å². The molecule has 2 aromatic heterocycles. The Bertz CT molecular complexity index is 768. The maximum absolute atomic E-state index is 10.6. The molecule has 106 valence electrons. The molecular weight excluding hydrogens is 306 g/mol. The van der Waals surface area contributed by atoms with Crippen LogP contribution in [0.2, 0.25) is 0 Å². The van der Waals surface area contributed by atoms with Crippen molar-refractivity contribution in [1.82, 2.24) is 0 Å². The lowest BCUT2D eigenvalue weighted by Gasteiger charge is -2.09. The Hall–Kier alpha value is -2.04. The second-order valence-corrected chi connectivity index (χ2v) is 6.75. The molecule has 0 fully saturated rings. The van der Waals surface area contributed by atoms with Gasteiger partial charge in [0.15, 0.2) is 0 Å². The molecular formula is C14H11N3O2S2. The minimum atomic E-state index is -0.418. The standard InChI is InChI=1S/C14H11N3O2S2/c15-6-12-11-3-1-2-4-13(11)21-14(12)16-7-10-5-9(8-20-10)17(18)19/h5,7-8H,1-4H2/b16-7+. The van der Waals surface area contributed by atoms with Crippen molar-refractivity contribution in [2.75, 3.05) is 0 Å². The highest BCUT2D eigenvalue weighted by atomic mass is 32.1. The summed E-state index contributed by atoms with van der Waals surface area (Å²) in [5.74, 6) is 0. The highest BCUT2D eigenvalue weighted by Crippen LogP contribution is 2.39. The quantitative estimate of drug-likeness (QED) is 0.483. The van der Waals surface area contributed by atoms with Gasteiger partial charge in [0.25, 0.3) is 5.69 Å². The minimum absolute atomic E-state index is 0.0763. The Morgan fingerprint density at radius 3 is 2.95 bits per heavy atom. The lowest BCUT2D eigenvalue weighted by molar-refractivity contribution is -0.384. The second-order valence-electron chi connectivity index (χ2n) is 4.73. The first-order valence-corrected chi connectivity index (χ1v) is 8.20. The highest BCUT2D eigenvalue weighted by Gasteiger charge is 2.20. The van der Waals surface area contributed by atoms with Crippen molar-refractivity contribution >= 4 is 39.6 Å². The van der Waals surface area contributed by atoms with Gasteiger partial charge >= 0.3 is 0 Å². The topological polar surface area (TPSA) is 79.3 Å². The summed E-state index contributed by atoms with van der Waals surface area (Å²) in [6.45, 7) is 0. The third-order valence-electron chi connectivity index (χ3n) is 3.39. The summed E-state index contributed by atoms with van der Waals surface area (Å²) in [5.41, 5.74) is 1.91. The molecule has 5 nitrogen and oxygen atoms in total. The first-order chi connectivity index (χ1) is 10.2. The van der Waals surface area contributed by atoms with Crippen LogP contribution in [-0.2, 0) is 12.8 Å². The molecule has 0 bridgehead atoms. The van der Waals surface area contributed by atoms with Gasteiger partial charge in [0, 0.05) is 17.2 Å². The monoisotopic (exact) mass is 317 g/mol.